The normalized spacial score (nSPS) is 13.8. The van der Waals surface area contributed by atoms with E-state index in [2.05, 4.69) is 10.3 Å². The largest absolute Gasteiger partial charge is 0.397 e. The first-order valence-corrected chi connectivity index (χ1v) is 4.98. The first-order valence-electron chi connectivity index (χ1n) is 4.98. The lowest BCUT2D eigenvalue weighted by atomic mass is 10.1. The topological polar surface area (TPSA) is 94.1 Å². The highest BCUT2D eigenvalue weighted by Gasteiger charge is 2.16. The number of aliphatic hydroxyl groups is 1. The highest BCUT2D eigenvalue weighted by Crippen LogP contribution is 2.35. The van der Waals surface area contributed by atoms with Gasteiger partial charge in [0.05, 0.1) is 24.5 Å². The van der Waals surface area contributed by atoms with E-state index in [1.165, 1.54) is 6.34 Å². The number of nitrogens with two attached hydrogens (primary N) is 1. The minimum Gasteiger partial charge on any atom is -0.397 e. The molecule has 0 radical (unpaired) electrons. The molecular formula is C10H14N4O2. The fraction of sp³-hybridized carbons (Fsp3) is 0.300. The summed E-state index contributed by atoms with van der Waals surface area (Å²) in [7, 11) is 0. The van der Waals surface area contributed by atoms with Crippen LogP contribution in [0.3, 0.4) is 0 Å². The van der Waals surface area contributed by atoms with Crippen LogP contribution in [-0.2, 0) is 6.54 Å². The number of hydrogen-bond acceptors (Lipinski definition) is 6. The second kappa shape index (κ2) is 4.38. The summed E-state index contributed by atoms with van der Waals surface area (Å²) in [5.74, 6) is 0. The molecule has 1 aliphatic heterocycles. The molecule has 6 nitrogen and oxygen atoms in total. The lowest BCUT2D eigenvalue weighted by Gasteiger charge is -2.22. The van der Waals surface area contributed by atoms with Gasteiger partial charge in [-0.05, 0) is 12.1 Å². The molecule has 0 fully saturated rings. The van der Waals surface area contributed by atoms with Crippen LogP contribution < -0.4 is 11.1 Å². The summed E-state index contributed by atoms with van der Waals surface area (Å²) in [5.41, 5.74) is 8.71. The highest BCUT2D eigenvalue weighted by molar-refractivity contribution is 5.80. The second-order valence-corrected chi connectivity index (χ2v) is 3.52. The van der Waals surface area contributed by atoms with Crippen LogP contribution >= 0.6 is 0 Å². The Bertz CT molecular complexity index is 420. The van der Waals surface area contributed by atoms with Gasteiger partial charge >= 0.3 is 0 Å². The molecule has 0 saturated carbocycles. The van der Waals surface area contributed by atoms with Gasteiger partial charge in [-0.15, -0.1) is 0 Å². The lowest BCUT2D eigenvalue weighted by Crippen LogP contribution is -2.21. The van der Waals surface area contributed by atoms with Crippen molar-refractivity contribution in [2.24, 2.45) is 4.99 Å². The van der Waals surface area contributed by atoms with Crippen molar-refractivity contribution < 1.29 is 10.3 Å². The molecule has 0 saturated heterocycles. The third-order valence-electron chi connectivity index (χ3n) is 2.38. The smallest absolute Gasteiger partial charge is 0.116 e. The van der Waals surface area contributed by atoms with Crippen LogP contribution in [-0.4, -0.2) is 34.9 Å². The van der Waals surface area contributed by atoms with Crippen molar-refractivity contribution in [2.45, 2.75) is 6.54 Å². The van der Waals surface area contributed by atoms with Gasteiger partial charge in [0.2, 0.25) is 0 Å². The van der Waals surface area contributed by atoms with Gasteiger partial charge in [0.15, 0.2) is 0 Å². The fourth-order valence-corrected chi connectivity index (χ4v) is 1.65. The Morgan fingerprint density at radius 1 is 1.50 bits per heavy atom. The van der Waals surface area contributed by atoms with Gasteiger partial charge < -0.3 is 16.2 Å². The minimum atomic E-state index is 0.0469. The van der Waals surface area contributed by atoms with E-state index in [0.29, 0.717) is 24.5 Å². The number of benzene rings is 1. The molecule has 0 unspecified atom stereocenters. The standard InChI is InChI=1S/C10H14N4O2/c11-8-1-2-9(12-3-4-15)7-5-14(16)6-13-10(7)8/h1-2,6,12,15-16H,3-5,11H2. The zero-order valence-corrected chi connectivity index (χ0v) is 8.72. The Morgan fingerprint density at radius 2 is 2.31 bits per heavy atom. The number of aliphatic hydroxyl groups excluding tert-OH is 1. The van der Waals surface area contributed by atoms with Crippen molar-refractivity contribution in [1.82, 2.24) is 5.06 Å². The van der Waals surface area contributed by atoms with E-state index < -0.39 is 0 Å². The molecule has 1 heterocycles. The van der Waals surface area contributed by atoms with Gasteiger partial charge in [-0.25, -0.2) is 10.1 Å². The molecule has 0 aliphatic carbocycles. The third-order valence-corrected chi connectivity index (χ3v) is 2.38. The van der Waals surface area contributed by atoms with Crippen LogP contribution in [0.5, 0.6) is 0 Å². The first kappa shape index (κ1) is 10.7. The van der Waals surface area contributed by atoms with Crippen LogP contribution in [0, 0.1) is 0 Å². The van der Waals surface area contributed by atoms with Crippen molar-refractivity contribution >= 4 is 23.4 Å². The number of nitrogens with one attached hydrogen (secondary N) is 1. The molecule has 0 spiro atoms. The summed E-state index contributed by atoms with van der Waals surface area (Å²) in [6.07, 6.45) is 1.33. The Morgan fingerprint density at radius 3 is 3.06 bits per heavy atom. The Hall–Kier alpha value is -1.79. The van der Waals surface area contributed by atoms with Crippen molar-refractivity contribution in [3.8, 4) is 0 Å². The molecule has 1 aromatic carbocycles. The zero-order valence-electron chi connectivity index (χ0n) is 8.72. The molecular weight excluding hydrogens is 208 g/mol. The van der Waals surface area contributed by atoms with Crippen LogP contribution in [0.2, 0.25) is 0 Å². The molecule has 0 aromatic heterocycles. The monoisotopic (exact) mass is 222 g/mol. The van der Waals surface area contributed by atoms with Crippen LogP contribution in [0.4, 0.5) is 17.1 Å². The van der Waals surface area contributed by atoms with Crippen LogP contribution in [0.15, 0.2) is 17.1 Å². The van der Waals surface area contributed by atoms with E-state index in [-0.39, 0.29) is 6.61 Å². The molecule has 0 amide bonds. The van der Waals surface area contributed by atoms with Gasteiger partial charge in [-0.2, -0.15) is 0 Å². The second-order valence-electron chi connectivity index (χ2n) is 3.52. The Balaban J connectivity index is 2.37. The molecule has 6 heteroatoms. The summed E-state index contributed by atoms with van der Waals surface area (Å²) < 4.78 is 0. The van der Waals surface area contributed by atoms with Gasteiger partial charge in [0.1, 0.15) is 6.34 Å². The average Bonchev–Trinajstić information content (AvgIpc) is 2.28. The van der Waals surface area contributed by atoms with E-state index in [1.54, 1.807) is 6.07 Å². The number of hydrogen-bond donors (Lipinski definition) is 4. The van der Waals surface area contributed by atoms with Crippen molar-refractivity contribution in [2.75, 3.05) is 24.2 Å². The van der Waals surface area contributed by atoms with Crippen LogP contribution in [0.25, 0.3) is 0 Å². The number of nitrogen functional groups attached to an aromatic ring is 1. The summed E-state index contributed by atoms with van der Waals surface area (Å²) in [6.45, 7) is 0.828. The van der Waals surface area contributed by atoms with Crippen molar-refractivity contribution in [3.05, 3.63) is 17.7 Å². The molecule has 5 N–H and O–H groups in total. The van der Waals surface area contributed by atoms with Gasteiger partial charge in [-0.1, -0.05) is 0 Å². The maximum Gasteiger partial charge on any atom is 0.116 e. The van der Waals surface area contributed by atoms with Gasteiger partial charge in [0.25, 0.3) is 0 Å². The molecule has 86 valence electrons. The summed E-state index contributed by atoms with van der Waals surface area (Å²) in [5, 5.41) is 22.2. The first-order chi connectivity index (χ1) is 7.72. The van der Waals surface area contributed by atoms with E-state index >= 15 is 0 Å². The van der Waals surface area contributed by atoms with E-state index in [0.717, 1.165) is 16.3 Å². The van der Waals surface area contributed by atoms with Gasteiger partial charge in [-0.3, -0.25) is 5.21 Å². The van der Waals surface area contributed by atoms with Crippen molar-refractivity contribution in [3.63, 3.8) is 0 Å². The molecule has 1 aromatic rings. The predicted octanol–water partition coefficient (Wildman–Crippen LogP) is 0.538. The number of rotatable bonds is 3. The van der Waals surface area contributed by atoms with Crippen molar-refractivity contribution in [1.29, 1.82) is 0 Å². The fourth-order valence-electron chi connectivity index (χ4n) is 1.65. The summed E-state index contributed by atoms with van der Waals surface area (Å²) in [4.78, 5) is 4.07. The quantitative estimate of drug-likeness (QED) is 0.560. The van der Waals surface area contributed by atoms with E-state index in [9.17, 15) is 5.21 Å². The molecule has 2 rings (SSSR count). The van der Waals surface area contributed by atoms with Gasteiger partial charge in [0, 0.05) is 17.8 Å². The SMILES string of the molecule is Nc1ccc(NCCO)c2c1N=CN(O)C2. The zero-order chi connectivity index (χ0) is 11.5. The lowest BCUT2D eigenvalue weighted by molar-refractivity contribution is -0.0176. The number of nitrogens with zero attached hydrogens (tertiary/aromatic N) is 2. The minimum absolute atomic E-state index is 0.0469. The summed E-state index contributed by atoms with van der Waals surface area (Å²) >= 11 is 0. The predicted molar refractivity (Wildman–Crippen MR) is 61.9 cm³/mol. The molecule has 0 atom stereocenters. The maximum atomic E-state index is 9.36. The molecule has 1 aliphatic rings. The number of aliphatic imine (C=N–C) groups is 1. The average molecular weight is 222 g/mol. The number of anilines is 2. The number of hydroxylamine groups is 2. The molecule has 16 heavy (non-hydrogen) atoms. The van der Waals surface area contributed by atoms with Crippen LogP contribution in [0.1, 0.15) is 5.56 Å². The third kappa shape index (κ3) is 1.93. The summed E-state index contributed by atoms with van der Waals surface area (Å²) in [6, 6.07) is 3.57. The number of fused-ring (bicyclic) bond motifs is 1. The molecule has 0 bridgehead atoms. The Kier molecular flexibility index (Phi) is 2.93. The van der Waals surface area contributed by atoms with E-state index in [4.69, 9.17) is 10.8 Å². The highest BCUT2D eigenvalue weighted by atomic mass is 16.5. The maximum absolute atomic E-state index is 9.36. The Labute approximate surface area is 93.0 Å². The van der Waals surface area contributed by atoms with E-state index in [1.807, 2.05) is 6.07 Å².